The lowest BCUT2D eigenvalue weighted by Gasteiger charge is -2.17. The molecule has 0 radical (unpaired) electrons. The van der Waals surface area contributed by atoms with E-state index < -0.39 is 0 Å². The Labute approximate surface area is 386 Å². The monoisotopic (exact) mass is 838 g/mol. The SMILES string of the molecule is C/C=C\c1cc(-c2cc(-c3cccc(-c4cc(-c5ccc6ccccc6c5)cc(-c5cc6ccccc6c6ccccc56)c4)c3)cc(-c3cc4ccccc4c4ccccc34)c2)ccc1C. The molecule has 12 aromatic rings. The number of fused-ring (bicyclic) bond motifs is 7. The third-order valence-corrected chi connectivity index (χ3v) is 13.6. The third kappa shape index (κ3) is 7.05. The van der Waals surface area contributed by atoms with Crippen molar-refractivity contribution >= 4 is 59.9 Å². The molecule has 0 atom stereocenters. The summed E-state index contributed by atoms with van der Waals surface area (Å²) in [6.45, 7) is 4.28. The van der Waals surface area contributed by atoms with E-state index in [0.29, 0.717) is 0 Å². The second-order valence-corrected chi connectivity index (χ2v) is 17.7. The topological polar surface area (TPSA) is 0 Å². The molecule has 310 valence electrons. The minimum Gasteiger partial charge on any atom is -0.0871 e. The van der Waals surface area contributed by atoms with Crippen molar-refractivity contribution in [3.05, 3.63) is 248 Å². The molecule has 66 heavy (non-hydrogen) atoms. The van der Waals surface area contributed by atoms with Gasteiger partial charge in [0.25, 0.3) is 0 Å². The molecular weight excluding hydrogens is 793 g/mol. The molecule has 0 N–H and O–H groups in total. The quantitative estimate of drug-likeness (QED) is 0.140. The van der Waals surface area contributed by atoms with Gasteiger partial charge >= 0.3 is 0 Å². The Morgan fingerprint density at radius 2 is 0.652 bits per heavy atom. The van der Waals surface area contributed by atoms with Crippen molar-refractivity contribution in [3.63, 3.8) is 0 Å². The Kier molecular flexibility index (Phi) is 9.73. The Morgan fingerprint density at radius 1 is 0.258 bits per heavy atom. The summed E-state index contributed by atoms with van der Waals surface area (Å²) in [5.74, 6) is 0. The van der Waals surface area contributed by atoms with Crippen LogP contribution in [0.2, 0.25) is 0 Å². The van der Waals surface area contributed by atoms with Crippen molar-refractivity contribution in [3.8, 4) is 66.8 Å². The molecule has 0 amide bonds. The van der Waals surface area contributed by atoms with Gasteiger partial charge in [-0.25, -0.2) is 0 Å². The maximum absolute atomic E-state index is 2.40. The molecule has 12 aromatic carbocycles. The predicted molar refractivity (Wildman–Crippen MR) is 286 cm³/mol. The summed E-state index contributed by atoms with van der Waals surface area (Å²) in [5, 5.41) is 12.6. The van der Waals surface area contributed by atoms with Crippen LogP contribution in [0.4, 0.5) is 0 Å². The lowest BCUT2D eigenvalue weighted by atomic mass is 9.87. The largest absolute Gasteiger partial charge is 0.0871 e. The highest BCUT2D eigenvalue weighted by atomic mass is 14.2. The van der Waals surface area contributed by atoms with Gasteiger partial charge in [-0.1, -0.05) is 176 Å². The van der Waals surface area contributed by atoms with Crippen LogP contribution < -0.4 is 0 Å². The van der Waals surface area contributed by atoms with E-state index in [-0.39, 0.29) is 0 Å². The first-order chi connectivity index (χ1) is 32.5. The van der Waals surface area contributed by atoms with Crippen molar-refractivity contribution < 1.29 is 0 Å². The van der Waals surface area contributed by atoms with E-state index in [0.717, 1.165) is 0 Å². The van der Waals surface area contributed by atoms with Crippen molar-refractivity contribution in [2.75, 3.05) is 0 Å². The maximum atomic E-state index is 2.40. The van der Waals surface area contributed by atoms with E-state index in [1.807, 2.05) is 0 Å². The van der Waals surface area contributed by atoms with E-state index in [9.17, 15) is 0 Å². The zero-order chi connectivity index (χ0) is 44.1. The predicted octanol–water partition coefficient (Wildman–Crippen LogP) is 18.8. The van der Waals surface area contributed by atoms with Crippen LogP contribution in [0.1, 0.15) is 18.1 Å². The van der Waals surface area contributed by atoms with Gasteiger partial charge in [-0.15, -0.1) is 0 Å². The van der Waals surface area contributed by atoms with Gasteiger partial charge in [0.1, 0.15) is 0 Å². The minimum absolute atomic E-state index is 1.18. The molecule has 0 nitrogen and oxygen atoms in total. The molecule has 0 fully saturated rings. The van der Waals surface area contributed by atoms with Crippen LogP contribution in [0.3, 0.4) is 0 Å². The number of hydrogen-bond acceptors (Lipinski definition) is 0. The Hall–Kier alpha value is -8.32. The van der Waals surface area contributed by atoms with Crippen LogP contribution in [-0.4, -0.2) is 0 Å². The lowest BCUT2D eigenvalue weighted by molar-refractivity contribution is 1.44. The van der Waals surface area contributed by atoms with Gasteiger partial charge in [-0.3, -0.25) is 0 Å². The highest BCUT2D eigenvalue weighted by Crippen LogP contribution is 2.42. The van der Waals surface area contributed by atoms with E-state index in [1.54, 1.807) is 0 Å². The molecule has 0 aromatic heterocycles. The fraction of sp³-hybridized carbons (Fsp3) is 0.0303. The summed E-state index contributed by atoms with van der Waals surface area (Å²) in [4.78, 5) is 0. The maximum Gasteiger partial charge on any atom is -0.00986 e. The van der Waals surface area contributed by atoms with E-state index >= 15 is 0 Å². The van der Waals surface area contributed by atoms with Crippen LogP contribution in [-0.2, 0) is 0 Å². The first-order valence-electron chi connectivity index (χ1n) is 23.0. The molecule has 0 aliphatic carbocycles. The number of benzene rings is 12. The van der Waals surface area contributed by atoms with Crippen LogP contribution in [0, 0.1) is 6.92 Å². The number of allylic oxidation sites excluding steroid dienone is 1. The first kappa shape index (κ1) is 39.3. The fourth-order valence-electron chi connectivity index (χ4n) is 10.2. The molecule has 0 heteroatoms. The second-order valence-electron chi connectivity index (χ2n) is 17.7. The molecule has 12 rings (SSSR count). The standard InChI is InChI=1S/C66H46/c1-3-15-45-32-49(29-28-43(45)2)55-35-53(37-57(39-55)65-41-51-18-6-8-22-59(51)61-24-10-12-26-63(61)65)47-20-14-21-48(34-47)54-36-56(50-31-30-44-16-4-5-17-46(44)33-50)40-58(38-54)66-42-52-19-7-9-23-60(52)62-25-11-13-27-64(62)66/h3-42H,1-2H3/b15-3-. The highest BCUT2D eigenvalue weighted by molar-refractivity contribution is 6.15. The molecule has 0 saturated carbocycles. The smallest absolute Gasteiger partial charge is 0.00986 e. The first-order valence-corrected chi connectivity index (χ1v) is 23.0. The third-order valence-electron chi connectivity index (χ3n) is 13.6. The molecule has 0 saturated heterocycles. The van der Waals surface area contributed by atoms with Gasteiger partial charge in [0.15, 0.2) is 0 Å². The summed E-state index contributed by atoms with van der Waals surface area (Å²) >= 11 is 0. The number of aryl methyl sites for hydroxylation is 1. The Balaban J connectivity index is 1.07. The molecule has 0 bridgehead atoms. The molecule has 0 unspecified atom stereocenters. The zero-order valence-electron chi connectivity index (χ0n) is 37.1. The van der Waals surface area contributed by atoms with E-state index in [4.69, 9.17) is 0 Å². The number of hydrogen-bond donors (Lipinski definition) is 0. The van der Waals surface area contributed by atoms with Crippen molar-refractivity contribution in [2.45, 2.75) is 13.8 Å². The molecule has 0 heterocycles. The second kappa shape index (κ2) is 16.3. The summed E-state index contributed by atoms with van der Waals surface area (Å²) < 4.78 is 0. The van der Waals surface area contributed by atoms with Gasteiger partial charge < -0.3 is 0 Å². The molecule has 0 aliphatic rings. The van der Waals surface area contributed by atoms with Crippen LogP contribution in [0.5, 0.6) is 0 Å². The Bertz CT molecular complexity index is 3900. The average Bonchev–Trinajstić information content (AvgIpc) is 3.38. The Morgan fingerprint density at radius 3 is 1.18 bits per heavy atom. The van der Waals surface area contributed by atoms with Crippen molar-refractivity contribution in [2.24, 2.45) is 0 Å². The lowest BCUT2D eigenvalue weighted by Crippen LogP contribution is -1.91. The summed E-state index contributed by atoms with van der Waals surface area (Å²) in [7, 11) is 0. The van der Waals surface area contributed by atoms with Gasteiger partial charge in [-0.2, -0.15) is 0 Å². The number of rotatable bonds is 7. The van der Waals surface area contributed by atoms with Crippen molar-refractivity contribution in [1.82, 2.24) is 0 Å². The van der Waals surface area contributed by atoms with Crippen LogP contribution in [0.15, 0.2) is 237 Å². The summed E-state index contributed by atoms with van der Waals surface area (Å²) in [5.41, 5.74) is 16.9. The summed E-state index contributed by atoms with van der Waals surface area (Å²) in [6.07, 6.45) is 4.34. The zero-order valence-corrected chi connectivity index (χ0v) is 37.1. The molecular formula is C66H46. The molecule has 0 spiro atoms. The van der Waals surface area contributed by atoms with E-state index in [1.165, 1.54) is 132 Å². The van der Waals surface area contributed by atoms with Crippen LogP contribution >= 0.6 is 0 Å². The van der Waals surface area contributed by atoms with Gasteiger partial charge in [0.2, 0.25) is 0 Å². The molecule has 0 aliphatic heterocycles. The van der Waals surface area contributed by atoms with E-state index in [2.05, 4.69) is 257 Å². The van der Waals surface area contributed by atoms with Gasteiger partial charge in [-0.05, 0) is 212 Å². The fourth-order valence-corrected chi connectivity index (χ4v) is 10.2. The average molecular weight is 839 g/mol. The minimum atomic E-state index is 1.18. The summed E-state index contributed by atoms with van der Waals surface area (Å²) in [6, 6.07) is 85.9. The van der Waals surface area contributed by atoms with Gasteiger partial charge in [0.05, 0.1) is 0 Å². The highest BCUT2D eigenvalue weighted by Gasteiger charge is 2.16. The van der Waals surface area contributed by atoms with Gasteiger partial charge in [0, 0.05) is 0 Å². The van der Waals surface area contributed by atoms with Crippen molar-refractivity contribution in [1.29, 1.82) is 0 Å². The normalized spacial score (nSPS) is 11.7. The van der Waals surface area contributed by atoms with Crippen LogP contribution in [0.25, 0.3) is 127 Å².